The van der Waals surface area contributed by atoms with Crippen molar-refractivity contribution in [3.8, 4) is 11.5 Å². The van der Waals surface area contributed by atoms with E-state index < -0.39 is 10.9 Å². The van der Waals surface area contributed by atoms with Crippen molar-refractivity contribution in [1.29, 1.82) is 0 Å². The van der Waals surface area contributed by atoms with Crippen molar-refractivity contribution in [2.75, 3.05) is 14.2 Å². The zero-order valence-electron chi connectivity index (χ0n) is 15.1. The number of para-hydroxylation sites is 1. The average molecular weight is 376 g/mol. The molecule has 9 heteroatoms. The lowest BCUT2D eigenvalue weighted by molar-refractivity contribution is -0.385. The predicted molar refractivity (Wildman–Crippen MR) is 98.0 cm³/mol. The number of methoxy groups -OCH3 is 2. The van der Waals surface area contributed by atoms with Gasteiger partial charge in [0.1, 0.15) is 0 Å². The Bertz CT molecular complexity index is 830. The summed E-state index contributed by atoms with van der Waals surface area (Å²) in [5, 5.41) is 31.1. The second kappa shape index (κ2) is 10.4. The second-order valence-electron chi connectivity index (χ2n) is 5.20. The molecule has 0 aliphatic rings. The Morgan fingerprint density at radius 2 is 1.74 bits per heavy atom. The maximum Gasteiger partial charge on any atom is 0.300 e. The molecule has 0 bridgehead atoms. The molecule has 0 saturated heterocycles. The minimum atomic E-state index is -0.833. The Kier molecular flexibility index (Phi) is 8.24. The van der Waals surface area contributed by atoms with E-state index in [9.17, 15) is 15.3 Å². The van der Waals surface area contributed by atoms with E-state index in [4.69, 9.17) is 19.4 Å². The number of ether oxygens (including phenoxy) is 2. The zero-order chi connectivity index (χ0) is 20.4. The van der Waals surface area contributed by atoms with Crippen LogP contribution in [0.25, 0.3) is 0 Å². The number of carbonyl (C=O) groups is 1. The highest BCUT2D eigenvalue weighted by Gasteiger charge is 2.17. The fraction of sp³-hybridized carbons (Fsp3) is 0.222. The first-order valence-corrected chi connectivity index (χ1v) is 7.69. The lowest BCUT2D eigenvalue weighted by Gasteiger charge is -2.10. The number of carboxylic acid groups (broad SMARTS) is 1. The van der Waals surface area contributed by atoms with E-state index in [2.05, 4.69) is 5.16 Å². The van der Waals surface area contributed by atoms with E-state index >= 15 is 0 Å². The van der Waals surface area contributed by atoms with Gasteiger partial charge in [0.25, 0.3) is 11.7 Å². The summed E-state index contributed by atoms with van der Waals surface area (Å²) in [5.74, 6) is 0.188. The summed E-state index contributed by atoms with van der Waals surface area (Å²) in [4.78, 5) is 19.6. The number of hydrogen-bond acceptors (Lipinski definition) is 7. The van der Waals surface area contributed by atoms with Crippen molar-refractivity contribution >= 4 is 17.4 Å². The number of oxime groups is 1. The number of benzene rings is 2. The molecule has 0 spiro atoms. The van der Waals surface area contributed by atoms with Gasteiger partial charge in [-0.2, -0.15) is 0 Å². The maximum absolute atomic E-state index is 11.1. The van der Waals surface area contributed by atoms with Gasteiger partial charge in [0, 0.05) is 30.5 Å². The molecule has 144 valence electrons. The van der Waals surface area contributed by atoms with Crippen LogP contribution in [-0.2, 0) is 11.2 Å². The van der Waals surface area contributed by atoms with Gasteiger partial charge >= 0.3 is 0 Å². The summed E-state index contributed by atoms with van der Waals surface area (Å²) in [5.41, 5.74) is 1.32. The standard InChI is InChI=1S/C16H16N2O5.C2H4O2/c1-22-15-8-7-11(10-16(15)23-2)13(17-19)9-12-5-3-4-6-14(12)18(20)21;1-2(3)4/h3-8,10,19H,9H2,1-2H3;1H3,(H,3,4)/b17-13+;. The zero-order valence-corrected chi connectivity index (χ0v) is 15.1. The van der Waals surface area contributed by atoms with Crippen LogP contribution in [0.5, 0.6) is 11.5 Å². The van der Waals surface area contributed by atoms with Gasteiger partial charge in [-0.25, -0.2) is 0 Å². The Morgan fingerprint density at radius 3 is 2.26 bits per heavy atom. The lowest BCUT2D eigenvalue weighted by Crippen LogP contribution is -2.08. The molecule has 0 saturated carbocycles. The van der Waals surface area contributed by atoms with Gasteiger partial charge in [-0.15, -0.1) is 0 Å². The third-order valence-corrected chi connectivity index (χ3v) is 3.38. The SMILES string of the molecule is CC(=O)O.COc1ccc(/C(Cc2ccccc2[N+](=O)[O-])=N/O)cc1OC. The summed E-state index contributed by atoms with van der Waals surface area (Å²) in [6.45, 7) is 1.08. The molecule has 0 radical (unpaired) electrons. The number of rotatable bonds is 6. The third-order valence-electron chi connectivity index (χ3n) is 3.38. The molecular formula is C18H20N2O7. The molecule has 9 nitrogen and oxygen atoms in total. The summed E-state index contributed by atoms with van der Waals surface area (Å²) >= 11 is 0. The van der Waals surface area contributed by atoms with Crippen LogP contribution in [0.3, 0.4) is 0 Å². The normalized spacial score (nSPS) is 10.4. The van der Waals surface area contributed by atoms with E-state index in [1.807, 2.05) is 0 Å². The third kappa shape index (κ3) is 6.31. The highest BCUT2D eigenvalue weighted by molar-refractivity contribution is 6.02. The lowest BCUT2D eigenvalue weighted by atomic mass is 10.0. The molecule has 2 rings (SSSR count). The summed E-state index contributed by atoms with van der Waals surface area (Å²) in [6.07, 6.45) is 0.114. The van der Waals surface area contributed by atoms with Crippen molar-refractivity contribution in [1.82, 2.24) is 0 Å². The smallest absolute Gasteiger partial charge is 0.300 e. The maximum atomic E-state index is 11.1. The van der Waals surface area contributed by atoms with Gasteiger partial charge in [0.15, 0.2) is 11.5 Å². The second-order valence-corrected chi connectivity index (χ2v) is 5.20. The van der Waals surface area contributed by atoms with Crippen molar-refractivity contribution < 1.29 is 29.5 Å². The van der Waals surface area contributed by atoms with Gasteiger partial charge in [-0.3, -0.25) is 14.9 Å². The first-order chi connectivity index (χ1) is 12.8. The minimum absolute atomic E-state index is 0.0193. The van der Waals surface area contributed by atoms with E-state index in [1.165, 1.54) is 20.3 Å². The highest BCUT2D eigenvalue weighted by Crippen LogP contribution is 2.29. The van der Waals surface area contributed by atoms with E-state index in [0.717, 1.165) is 6.92 Å². The van der Waals surface area contributed by atoms with Crippen molar-refractivity contribution in [3.05, 3.63) is 63.7 Å². The van der Waals surface area contributed by atoms with E-state index in [0.29, 0.717) is 28.3 Å². The topological polar surface area (TPSA) is 131 Å². The molecule has 0 unspecified atom stereocenters. The molecule has 0 heterocycles. The van der Waals surface area contributed by atoms with Crippen LogP contribution in [-0.4, -0.2) is 41.1 Å². The quantitative estimate of drug-likeness (QED) is 0.343. The largest absolute Gasteiger partial charge is 0.493 e. The van der Waals surface area contributed by atoms with E-state index in [-0.39, 0.29) is 12.1 Å². The van der Waals surface area contributed by atoms with Crippen LogP contribution < -0.4 is 9.47 Å². The molecule has 0 aliphatic heterocycles. The fourth-order valence-corrected chi connectivity index (χ4v) is 2.23. The fourth-order valence-electron chi connectivity index (χ4n) is 2.23. The summed E-state index contributed by atoms with van der Waals surface area (Å²) in [7, 11) is 3.02. The molecule has 2 aromatic rings. The van der Waals surface area contributed by atoms with E-state index in [1.54, 1.807) is 36.4 Å². The summed E-state index contributed by atoms with van der Waals surface area (Å²) < 4.78 is 10.4. The summed E-state index contributed by atoms with van der Waals surface area (Å²) in [6, 6.07) is 11.4. The van der Waals surface area contributed by atoms with Crippen LogP contribution in [0.2, 0.25) is 0 Å². The number of nitrogens with zero attached hydrogens (tertiary/aromatic N) is 2. The van der Waals surface area contributed by atoms with Crippen LogP contribution in [0, 0.1) is 10.1 Å². The Hall–Kier alpha value is -3.62. The molecule has 27 heavy (non-hydrogen) atoms. The molecule has 0 fully saturated rings. The first-order valence-electron chi connectivity index (χ1n) is 7.69. The Labute approximate surface area is 155 Å². The number of hydrogen-bond donors (Lipinski definition) is 2. The van der Waals surface area contributed by atoms with Gasteiger partial charge in [0.05, 0.1) is 24.9 Å². The number of nitro benzene ring substituents is 1. The van der Waals surface area contributed by atoms with Crippen LogP contribution in [0.15, 0.2) is 47.6 Å². The minimum Gasteiger partial charge on any atom is -0.493 e. The van der Waals surface area contributed by atoms with Gasteiger partial charge in [-0.1, -0.05) is 23.4 Å². The van der Waals surface area contributed by atoms with Crippen LogP contribution in [0.1, 0.15) is 18.1 Å². The Morgan fingerprint density at radius 1 is 1.15 bits per heavy atom. The molecule has 0 amide bonds. The molecule has 0 aliphatic carbocycles. The first kappa shape index (κ1) is 21.4. The number of carboxylic acids is 1. The van der Waals surface area contributed by atoms with Crippen molar-refractivity contribution in [2.24, 2.45) is 5.16 Å². The number of aliphatic carboxylic acids is 1. The van der Waals surface area contributed by atoms with Crippen molar-refractivity contribution in [2.45, 2.75) is 13.3 Å². The van der Waals surface area contributed by atoms with Crippen molar-refractivity contribution in [3.63, 3.8) is 0 Å². The monoisotopic (exact) mass is 376 g/mol. The molecule has 0 atom stereocenters. The number of nitro groups is 1. The van der Waals surface area contributed by atoms with Gasteiger partial charge in [0.2, 0.25) is 0 Å². The average Bonchev–Trinajstić information content (AvgIpc) is 2.65. The van der Waals surface area contributed by atoms with Gasteiger partial charge in [-0.05, 0) is 18.2 Å². The van der Waals surface area contributed by atoms with Crippen LogP contribution >= 0.6 is 0 Å². The Balaban J connectivity index is 0.000000828. The highest BCUT2D eigenvalue weighted by atomic mass is 16.6. The molecular weight excluding hydrogens is 356 g/mol. The molecule has 0 aromatic heterocycles. The molecule has 2 N–H and O–H groups in total. The van der Waals surface area contributed by atoms with Crippen LogP contribution in [0.4, 0.5) is 5.69 Å². The molecule has 2 aromatic carbocycles. The van der Waals surface area contributed by atoms with Gasteiger partial charge < -0.3 is 19.8 Å². The predicted octanol–water partition coefficient (Wildman–Crippen LogP) is 3.12.